The molecule has 2 aromatic rings. The molecule has 2 heterocycles. The fourth-order valence-corrected chi connectivity index (χ4v) is 2.71. The summed E-state index contributed by atoms with van der Waals surface area (Å²) in [5, 5.41) is 0. The normalized spacial score (nSPS) is 18.5. The van der Waals surface area contributed by atoms with E-state index in [2.05, 4.69) is 0 Å². The Balaban J connectivity index is 2.01. The van der Waals surface area contributed by atoms with Gasteiger partial charge in [-0.25, -0.2) is 0 Å². The lowest BCUT2D eigenvalue weighted by molar-refractivity contribution is 0.0986. The Kier molecular flexibility index (Phi) is 3.32. The Hall–Kier alpha value is -2.07. The van der Waals surface area contributed by atoms with Crippen LogP contribution in [0, 0.1) is 6.92 Å². The van der Waals surface area contributed by atoms with Gasteiger partial charge in [0.1, 0.15) is 12.0 Å². The molecule has 1 aromatic carbocycles. The van der Waals surface area contributed by atoms with Crippen molar-refractivity contribution in [2.45, 2.75) is 25.8 Å². The molecule has 1 aliphatic heterocycles. The highest BCUT2D eigenvalue weighted by Crippen LogP contribution is 2.32. The minimum atomic E-state index is -0.0246. The molecular weight excluding hydrogens is 252 g/mol. The molecular formula is C16H18N2O2. The third-order valence-corrected chi connectivity index (χ3v) is 3.75. The maximum absolute atomic E-state index is 12.7. The van der Waals surface area contributed by atoms with E-state index >= 15 is 0 Å². The lowest BCUT2D eigenvalue weighted by atomic mass is 10.0. The van der Waals surface area contributed by atoms with Gasteiger partial charge in [-0.15, -0.1) is 0 Å². The van der Waals surface area contributed by atoms with Crippen molar-refractivity contribution in [1.29, 1.82) is 0 Å². The van der Waals surface area contributed by atoms with Crippen LogP contribution in [0.1, 0.15) is 40.6 Å². The van der Waals surface area contributed by atoms with Gasteiger partial charge in [-0.05, 0) is 37.5 Å². The van der Waals surface area contributed by atoms with Crippen LogP contribution in [0.5, 0.6) is 0 Å². The van der Waals surface area contributed by atoms with Crippen LogP contribution in [0.25, 0.3) is 0 Å². The predicted molar refractivity (Wildman–Crippen MR) is 77.7 cm³/mol. The van der Waals surface area contributed by atoms with Gasteiger partial charge < -0.3 is 15.1 Å². The van der Waals surface area contributed by atoms with Gasteiger partial charge >= 0.3 is 0 Å². The standard InChI is InChI=1S/C16H18N2O2/c1-11-9-12(10-20-11)16(19)18-8-4-6-14(17)13-5-2-3-7-15(13)18/h2-3,5,7,9-10,14H,4,6,8,17H2,1H3. The number of anilines is 1. The van der Waals surface area contributed by atoms with Gasteiger partial charge in [0.2, 0.25) is 0 Å². The number of fused-ring (bicyclic) bond motifs is 1. The molecule has 0 spiro atoms. The summed E-state index contributed by atoms with van der Waals surface area (Å²) in [6, 6.07) is 9.65. The van der Waals surface area contributed by atoms with E-state index in [-0.39, 0.29) is 11.9 Å². The van der Waals surface area contributed by atoms with E-state index in [0.29, 0.717) is 12.1 Å². The molecule has 0 saturated carbocycles. The number of carbonyl (C=O) groups is 1. The highest BCUT2D eigenvalue weighted by molar-refractivity contribution is 6.06. The van der Waals surface area contributed by atoms with Crippen LogP contribution in [-0.4, -0.2) is 12.5 Å². The molecule has 1 aliphatic rings. The summed E-state index contributed by atoms with van der Waals surface area (Å²) >= 11 is 0. The number of para-hydroxylation sites is 1. The summed E-state index contributed by atoms with van der Waals surface area (Å²) in [4.78, 5) is 14.5. The zero-order valence-corrected chi connectivity index (χ0v) is 11.5. The van der Waals surface area contributed by atoms with Gasteiger partial charge in [-0.2, -0.15) is 0 Å². The number of nitrogens with two attached hydrogens (primary N) is 1. The molecule has 0 radical (unpaired) electrons. The Bertz CT molecular complexity index is 633. The van der Waals surface area contributed by atoms with Gasteiger partial charge in [0.15, 0.2) is 0 Å². The third kappa shape index (κ3) is 2.23. The number of benzene rings is 1. The van der Waals surface area contributed by atoms with E-state index in [1.165, 1.54) is 6.26 Å². The molecule has 0 saturated heterocycles. The predicted octanol–water partition coefficient (Wildman–Crippen LogP) is 3.03. The van der Waals surface area contributed by atoms with E-state index in [1.807, 2.05) is 36.1 Å². The summed E-state index contributed by atoms with van der Waals surface area (Å²) < 4.78 is 5.24. The summed E-state index contributed by atoms with van der Waals surface area (Å²) in [5.74, 6) is 0.719. The number of aryl methyl sites for hydroxylation is 1. The van der Waals surface area contributed by atoms with E-state index in [0.717, 1.165) is 29.9 Å². The second-order valence-electron chi connectivity index (χ2n) is 5.21. The first-order chi connectivity index (χ1) is 9.66. The monoisotopic (exact) mass is 270 g/mol. The van der Waals surface area contributed by atoms with Gasteiger partial charge in [-0.1, -0.05) is 18.2 Å². The number of hydrogen-bond donors (Lipinski definition) is 1. The molecule has 1 amide bonds. The van der Waals surface area contributed by atoms with Crippen LogP contribution in [0.15, 0.2) is 41.0 Å². The first-order valence-corrected chi connectivity index (χ1v) is 6.88. The maximum Gasteiger partial charge on any atom is 0.261 e. The third-order valence-electron chi connectivity index (χ3n) is 3.75. The minimum Gasteiger partial charge on any atom is -0.469 e. The molecule has 3 rings (SSSR count). The Morgan fingerprint density at radius 1 is 1.40 bits per heavy atom. The van der Waals surface area contributed by atoms with Crippen LogP contribution < -0.4 is 10.6 Å². The molecule has 0 aliphatic carbocycles. The van der Waals surface area contributed by atoms with Crippen molar-refractivity contribution in [3.05, 3.63) is 53.5 Å². The van der Waals surface area contributed by atoms with Crippen molar-refractivity contribution in [3.63, 3.8) is 0 Å². The zero-order valence-electron chi connectivity index (χ0n) is 11.5. The Labute approximate surface area is 118 Å². The molecule has 0 fully saturated rings. The molecule has 0 bridgehead atoms. The van der Waals surface area contributed by atoms with Crippen molar-refractivity contribution < 1.29 is 9.21 Å². The van der Waals surface area contributed by atoms with Gasteiger partial charge in [0.25, 0.3) is 5.91 Å². The largest absolute Gasteiger partial charge is 0.469 e. The van der Waals surface area contributed by atoms with Crippen molar-refractivity contribution in [3.8, 4) is 0 Å². The number of hydrogen-bond acceptors (Lipinski definition) is 3. The quantitative estimate of drug-likeness (QED) is 0.866. The summed E-state index contributed by atoms with van der Waals surface area (Å²) in [6.45, 7) is 2.52. The second-order valence-corrected chi connectivity index (χ2v) is 5.21. The summed E-state index contributed by atoms with van der Waals surface area (Å²) in [7, 11) is 0. The van der Waals surface area contributed by atoms with E-state index in [9.17, 15) is 4.79 Å². The Morgan fingerprint density at radius 2 is 2.20 bits per heavy atom. The fourth-order valence-electron chi connectivity index (χ4n) is 2.71. The molecule has 104 valence electrons. The van der Waals surface area contributed by atoms with E-state index < -0.39 is 0 Å². The second kappa shape index (κ2) is 5.13. The number of nitrogens with zero attached hydrogens (tertiary/aromatic N) is 1. The average Bonchev–Trinajstić information content (AvgIpc) is 2.82. The van der Waals surface area contributed by atoms with Crippen molar-refractivity contribution >= 4 is 11.6 Å². The van der Waals surface area contributed by atoms with Crippen LogP contribution in [-0.2, 0) is 0 Å². The highest BCUT2D eigenvalue weighted by atomic mass is 16.3. The van der Waals surface area contributed by atoms with Crippen LogP contribution in [0.2, 0.25) is 0 Å². The lowest BCUT2D eigenvalue weighted by Gasteiger charge is -2.22. The number of furan rings is 1. The van der Waals surface area contributed by atoms with Crippen LogP contribution in [0.4, 0.5) is 5.69 Å². The van der Waals surface area contributed by atoms with E-state index in [4.69, 9.17) is 10.2 Å². The van der Waals surface area contributed by atoms with E-state index in [1.54, 1.807) is 6.07 Å². The van der Waals surface area contributed by atoms with Crippen LogP contribution >= 0.6 is 0 Å². The highest BCUT2D eigenvalue weighted by Gasteiger charge is 2.25. The molecule has 20 heavy (non-hydrogen) atoms. The van der Waals surface area contributed by atoms with Crippen LogP contribution in [0.3, 0.4) is 0 Å². The number of amides is 1. The first-order valence-electron chi connectivity index (χ1n) is 6.88. The minimum absolute atomic E-state index is 0.00455. The number of carbonyl (C=O) groups excluding carboxylic acids is 1. The molecule has 1 aromatic heterocycles. The van der Waals surface area contributed by atoms with Crippen molar-refractivity contribution in [2.24, 2.45) is 5.73 Å². The van der Waals surface area contributed by atoms with Gasteiger partial charge in [-0.3, -0.25) is 4.79 Å². The summed E-state index contributed by atoms with van der Waals surface area (Å²) in [5.41, 5.74) is 8.74. The fraction of sp³-hybridized carbons (Fsp3) is 0.312. The average molecular weight is 270 g/mol. The maximum atomic E-state index is 12.7. The molecule has 4 nitrogen and oxygen atoms in total. The summed E-state index contributed by atoms with van der Waals surface area (Å²) in [6.07, 6.45) is 3.31. The van der Waals surface area contributed by atoms with Crippen molar-refractivity contribution in [1.82, 2.24) is 0 Å². The molecule has 2 N–H and O–H groups in total. The van der Waals surface area contributed by atoms with Crippen molar-refractivity contribution in [2.75, 3.05) is 11.4 Å². The van der Waals surface area contributed by atoms with Gasteiger partial charge in [0.05, 0.1) is 5.56 Å². The lowest BCUT2D eigenvalue weighted by Crippen LogP contribution is -2.31. The topological polar surface area (TPSA) is 59.5 Å². The first kappa shape index (κ1) is 12.9. The number of rotatable bonds is 1. The SMILES string of the molecule is Cc1cc(C(=O)N2CCCC(N)c3ccccc32)co1. The zero-order chi connectivity index (χ0) is 14.1. The molecule has 1 atom stereocenters. The smallest absolute Gasteiger partial charge is 0.261 e. The molecule has 4 heteroatoms. The van der Waals surface area contributed by atoms with Gasteiger partial charge in [0, 0.05) is 18.3 Å². The molecule has 1 unspecified atom stereocenters. The Morgan fingerprint density at radius 3 is 2.95 bits per heavy atom.